The van der Waals surface area contributed by atoms with Gasteiger partial charge in [-0.2, -0.15) is 0 Å². The summed E-state index contributed by atoms with van der Waals surface area (Å²) in [4.78, 5) is 11.5. The lowest BCUT2D eigenvalue weighted by Gasteiger charge is -2.09. The standard InChI is InChI=1S/C9H18O/c1-4-6-9(7-5-2)8(3)10/h9H,4-7H2,1-3H3/i4D2,5D2,6D2,9D. The van der Waals surface area contributed by atoms with Gasteiger partial charge in [0.1, 0.15) is 5.78 Å². The average Bonchev–Trinajstić information content (AvgIpc) is 1.97. The minimum atomic E-state index is -2.77. The van der Waals surface area contributed by atoms with Gasteiger partial charge in [-0.25, -0.2) is 0 Å². The van der Waals surface area contributed by atoms with E-state index in [1.165, 1.54) is 0 Å². The molecule has 0 aromatic carbocycles. The Kier molecular flexibility index (Phi) is 1.61. The van der Waals surface area contributed by atoms with Crippen molar-refractivity contribution >= 4 is 5.78 Å². The Morgan fingerprint density at radius 3 is 2.50 bits per heavy atom. The Morgan fingerprint density at radius 2 is 2.20 bits per heavy atom. The highest BCUT2D eigenvalue weighted by molar-refractivity contribution is 5.78. The van der Waals surface area contributed by atoms with Crippen molar-refractivity contribution in [3.8, 4) is 0 Å². The monoisotopic (exact) mass is 149 g/mol. The van der Waals surface area contributed by atoms with E-state index in [1.54, 1.807) is 0 Å². The summed E-state index contributed by atoms with van der Waals surface area (Å²) in [5.41, 5.74) is 0. The zero-order valence-electron chi connectivity index (χ0n) is 13.6. The third kappa shape index (κ3) is 3.65. The normalized spacial score (nSPS) is 30.9. The van der Waals surface area contributed by atoms with E-state index in [0.717, 1.165) is 20.8 Å². The second-order valence-electron chi connectivity index (χ2n) is 1.94. The van der Waals surface area contributed by atoms with Crippen molar-refractivity contribution in [3.05, 3.63) is 0 Å². The molecule has 0 saturated heterocycles. The van der Waals surface area contributed by atoms with Gasteiger partial charge in [-0.15, -0.1) is 0 Å². The second-order valence-corrected chi connectivity index (χ2v) is 1.94. The highest BCUT2D eigenvalue weighted by atomic mass is 16.1. The van der Waals surface area contributed by atoms with Crippen LogP contribution in [0.15, 0.2) is 0 Å². The van der Waals surface area contributed by atoms with E-state index in [4.69, 9.17) is 9.60 Å². The van der Waals surface area contributed by atoms with Crippen LogP contribution in [0.1, 0.15) is 55.9 Å². The molecule has 0 aliphatic heterocycles. The third-order valence-corrected chi connectivity index (χ3v) is 1.05. The van der Waals surface area contributed by atoms with Gasteiger partial charge >= 0.3 is 0 Å². The van der Waals surface area contributed by atoms with E-state index in [9.17, 15) is 4.79 Å². The summed E-state index contributed by atoms with van der Waals surface area (Å²) >= 11 is 0. The number of carbonyl (C=O) groups is 1. The van der Waals surface area contributed by atoms with Crippen LogP contribution in [0.4, 0.5) is 0 Å². The van der Waals surface area contributed by atoms with Crippen molar-refractivity contribution in [1.82, 2.24) is 0 Å². The zero-order valence-corrected chi connectivity index (χ0v) is 6.62. The molecule has 1 atom stereocenters. The summed E-state index contributed by atoms with van der Waals surface area (Å²) in [6, 6.07) is 0. The van der Waals surface area contributed by atoms with Crippen molar-refractivity contribution in [2.75, 3.05) is 0 Å². The van der Waals surface area contributed by atoms with Crippen molar-refractivity contribution in [2.45, 2.75) is 46.3 Å². The molecule has 0 aromatic heterocycles. The number of rotatable bonds is 5. The Morgan fingerprint density at radius 1 is 1.60 bits per heavy atom. The van der Waals surface area contributed by atoms with Gasteiger partial charge in [0.25, 0.3) is 0 Å². The maximum absolute atomic E-state index is 11.5. The molecule has 0 radical (unpaired) electrons. The minimum absolute atomic E-state index is 0.685. The number of hydrogen-bond donors (Lipinski definition) is 0. The molecule has 10 heavy (non-hydrogen) atoms. The van der Waals surface area contributed by atoms with Crippen LogP contribution in [0.5, 0.6) is 0 Å². The Hall–Kier alpha value is -0.330. The van der Waals surface area contributed by atoms with Crippen LogP contribution in [-0.2, 0) is 4.79 Å². The number of ketones is 1. The topological polar surface area (TPSA) is 17.1 Å². The molecule has 0 fully saturated rings. The molecule has 0 bridgehead atoms. The van der Waals surface area contributed by atoms with Crippen molar-refractivity contribution in [2.24, 2.45) is 5.89 Å². The van der Waals surface area contributed by atoms with E-state index in [-0.39, 0.29) is 0 Å². The Balaban J connectivity index is 5.60. The van der Waals surface area contributed by atoms with Gasteiger partial charge < -0.3 is 0 Å². The molecule has 0 N–H and O–H groups in total. The lowest BCUT2D eigenvalue weighted by molar-refractivity contribution is -0.121. The predicted molar refractivity (Wildman–Crippen MR) is 44.0 cm³/mol. The van der Waals surface area contributed by atoms with Crippen molar-refractivity contribution in [1.29, 1.82) is 0 Å². The number of hydrogen-bond acceptors (Lipinski definition) is 1. The van der Waals surface area contributed by atoms with Crippen molar-refractivity contribution < 1.29 is 14.4 Å². The highest BCUT2D eigenvalue weighted by Crippen LogP contribution is 2.13. The number of Topliss-reactive ketones (excluding diaryl/α,β-unsaturated/α-hetero) is 1. The fourth-order valence-corrected chi connectivity index (χ4v) is 0.584. The molecular weight excluding hydrogens is 124 g/mol. The summed E-state index contributed by atoms with van der Waals surface area (Å²) in [6.07, 6.45) is -7.79. The SMILES string of the molecule is [2H]C([2H])(C)CC([2H])(C(C)=O)C([2H])([2H])C([2H])([2H])C. The number of carbonyl (C=O) groups excluding carboxylic acids is 1. The maximum Gasteiger partial charge on any atom is 0.132 e. The van der Waals surface area contributed by atoms with E-state index >= 15 is 0 Å². The lowest BCUT2D eigenvalue weighted by atomic mass is 9.95. The zero-order chi connectivity index (χ0) is 14.3. The van der Waals surface area contributed by atoms with Gasteiger partial charge in [0.15, 0.2) is 0 Å². The molecule has 1 heteroatoms. The molecule has 0 rings (SSSR count). The van der Waals surface area contributed by atoms with Gasteiger partial charge in [0.2, 0.25) is 0 Å². The molecule has 0 aliphatic carbocycles. The van der Waals surface area contributed by atoms with Gasteiger partial charge in [-0.1, -0.05) is 26.6 Å². The molecular formula is C9H18O. The van der Waals surface area contributed by atoms with Crippen LogP contribution in [0.25, 0.3) is 0 Å². The summed E-state index contributed by atoms with van der Waals surface area (Å²) in [5.74, 6) is -3.32. The first-order valence-corrected chi connectivity index (χ1v) is 3.16. The molecule has 1 unspecified atom stereocenters. The second kappa shape index (κ2) is 5.45. The van der Waals surface area contributed by atoms with Crippen LogP contribution in [0, 0.1) is 5.89 Å². The van der Waals surface area contributed by atoms with Gasteiger partial charge in [-0.3, -0.25) is 4.79 Å². The average molecular weight is 149 g/mol. The fraction of sp³-hybridized carbons (Fsp3) is 0.889. The molecule has 0 aliphatic rings. The summed E-state index contributed by atoms with van der Waals surface area (Å²) in [7, 11) is 0. The first-order valence-electron chi connectivity index (χ1n) is 6.66. The Bertz CT molecular complexity index is 301. The first kappa shape index (κ1) is 2.96. The molecule has 0 spiro atoms. The minimum Gasteiger partial charge on any atom is -0.300 e. The molecule has 0 amide bonds. The third-order valence-electron chi connectivity index (χ3n) is 1.05. The summed E-state index contributed by atoms with van der Waals surface area (Å²) in [6.45, 7) is 3.08. The van der Waals surface area contributed by atoms with Crippen LogP contribution >= 0.6 is 0 Å². The summed E-state index contributed by atoms with van der Waals surface area (Å²) in [5, 5.41) is 0. The van der Waals surface area contributed by atoms with Crippen LogP contribution in [-0.4, -0.2) is 5.78 Å². The van der Waals surface area contributed by atoms with Crippen LogP contribution < -0.4 is 0 Å². The fourth-order valence-electron chi connectivity index (χ4n) is 0.584. The first-order chi connectivity index (χ1) is 7.15. The maximum atomic E-state index is 11.5. The van der Waals surface area contributed by atoms with E-state index < -0.39 is 37.2 Å². The molecule has 0 aromatic rings. The molecule has 60 valence electrons. The molecule has 0 saturated carbocycles. The van der Waals surface area contributed by atoms with Gasteiger partial charge in [-0.05, 0) is 19.7 Å². The Labute approximate surface area is 73.7 Å². The van der Waals surface area contributed by atoms with E-state index in [1.807, 2.05) is 0 Å². The highest BCUT2D eigenvalue weighted by Gasteiger charge is 2.10. The van der Waals surface area contributed by atoms with Gasteiger partial charge in [0, 0.05) is 15.5 Å². The van der Waals surface area contributed by atoms with E-state index in [2.05, 4.69) is 0 Å². The van der Waals surface area contributed by atoms with E-state index in [0.29, 0.717) is 0 Å². The largest absolute Gasteiger partial charge is 0.300 e. The van der Waals surface area contributed by atoms with Crippen molar-refractivity contribution in [3.63, 3.8) is 0 Å². The molecule has 0 heterocycles. The van der Waals surface area contributed by atoms with Crippen LogP contribution in [0.3, 0.4) is 0 Å². The quantitative estimate of drug-likeness (QED) is 0.587. The summed E-state index contributed by atoms with van der Waals surface area (Å²) < 4.78 is 52.7. The van der Waals surface area contributed by atoms with Gasteiger partial charge in [0.05, 0.1) is 0 Å². The van der Waals surface area contributed by atoms with Crippen LogP contribution in [0.2, 0.25) is 0 Å². The smallest absolute Gasteiger partial charge is 0.132 e. The molecule has 1 nitrogen and oxygen atoms in total. The predicted octanol–water partition coefficient (Wildman–Crippen LogP) is 2.79. The lowest BCUT2D eigenvalue weighted by Crippen LogP contribution is -2.09.